The summed E-state index contributed by atoms with van der Waals surface area (Å²) in [5, 5.41) is 29.2. The van der Waals surface area contributed by atoms with E-state index in [9.17, 15) is 34.1 Å². The Morgan fingerprint density at radius 3 is 2.47 bits per heavy atom. The minimum atomic E-state index is -1.73. The number of aromatic nitrogens is 2. The van der Waals surface area contributed by atoms with Crippen molar-refractivity contribution < 1.29 is 38.7 Å². The molecule has 4 atom stereocenters. The molecular formula is C18H19FN2O9. The van der Waals surface area contributed by atoms with Gasteiger partial charge in [0, 0.05) is 0 Å². The molecule has 11 nitrogen and oxygen atoms in total. The fourth-order valence-corrected chi connectivity index (χ4v) is 3.19. The summed E-state index contributed by atoms with van der Waals surface area (Å²) in [4.78, 5) is 38.1. The minimum absolute atomic E-state index is 0.0152. The Hall–Kier alpha value is -3.06. The average Bonchev–Trinajstić information content (AvgIpc) is 3.03. The van der Waals surface area contributed by atoms with Gasteiger partial charge in [-0.05, 0) is 12.1 Å². The molecule has 2 heterocycles. The number of carbonyl (C=O) groups is 1. The number of halogens is 1. The Morgan fingerprint density at radius 2 is 1.90 bits per heavy atom. The van der Waals surface area contributed by atoms with Crippen molar-refractivity contribution >= 4 is 5.91 Å². The summed E-state index contributed by atoms with van der Waals surface area (Å²) in [6.07, 6.45) is -5.76. The van der Waals surface area contributed by atoms with Crippen LogP contribution >= 0.6 is 0 Å². The summed E-state index contributed by atoms with van der Waals surface area (Å²) < 4.78 is 30.2. The molecule has 1 aromatic carbocycles. The minimum Gasteiger partial charge on any atom is -0.493 e. The van der Waals surface area contributed by atoms with Crippen LogP contribution in [0.2, 0.25) is 0 Å². The number of aliphatic hydroxyl groups excluding tert-OH is 3. The van der Waals surface area contributed by atoms with Crippen LogP contribution in [-0.4, -0.2) is 69.5 Å². The van der Waals surface area contributed by atoms with Gasteiger partial charge in [0.2, 0.25) is 5.82 Å². The molecule has 0 bridgehead atoms. The lowest BCUT2D eigenvalue weighted by molar-refractivity contribution is -0.0558. The Bertz CT molecular complexity index is 1080. The number of carbonyl (C=O) groups excluding carboxylic acids is 1. The van der Waals surface area contributed by atoms with E-state index in [1.165, 1.54) is 32.4 Å². The first-order valence-corrected chi connectivity index (χ1v) is 8.68. The number of para-hydroxylation sites is 1. The van der Waals surface area contributed by atoms with Crippen LogP contribution in [0.25, 0.3) is 0 Å². The molecule has 1 saturated heterocycles. The highest BCUT2D eigenvalue weighted by molar-refractivity contribution is 5.99. The highest BCUT2D eigenvalue weighted by Crippen LogP contribution is 2.31. The predicted molar refractivity (Wildman–Crippen MR) is 97.2 cm³/mol. The molecule has 3 N–H and O–H groups in total. The molecule has 1 fully saturated rings. The lowest BCUT2D eigenvalue weighted by Gasteiger charge is -2.19. The van der Waals surface area contributed by atoms with Gasteiger partial charge in [0.15, 0.2) is 17.7 Å². The second-order valence-electron chi connectivity index (χ2n) is 6.38. The Balaban J connectivity index is 2.18. The number of aliphatic hydroxyl groups is 3. The largest absolute Gasteiger partial charge is 0.493 e. The number of hydrogen-bond donors (Lipinski definition) is 3. The van der Waals surface area contributed by atoms with Crippen molar-refractivity contribution in [1.29, 1.82) is 0 Å². The SMILES string of the molecule is COc1cccc(C(=O)n2c(=O)c(F)cn([C@H]3O[C@@H](CO)C(O)C3O)c2=O)c1OC. The quantitative estimate of drug-likeness (QED) is 0.517. The lowest BCUT2D eigenvalue weighted by atomic mass is 10.1. The molecule has 2 aromatic rings. The summed E-state index contributed by atoms with van der Waals surface area (Å²) >= 11 is 0. The number of benzene rings is 1. The molecule has 0 aliphatic carbocycles. The maximum absolute atomic E-state index is 14.3. The fraction of sp³-hybridized carbons (Fsp3) is 0.389. The first kappa shape index (κ1) is 21.6. The zero-order chi connectivity index (χ0) is 22.2. The van der Waals surface area contributed by atoms with Crippen molar-refractivity contribution in [3.05, 3.63) is 56.6 Å². The van der Waals surface area contributed by atoms with Gasteiger partial charge in [-0.3, -0.25) is 14.2 Å². The second kappa shape index (κ2) is 8.36. The topological polar surface area (TPSA) is 149 Å². The van der Waals surface area contributed by atoms with Crippen LogP contribution in [0.1, 0.15) is 16.6 Å². The van der Waals surface area contributed by atoms with Crippen LogP contribution in [0.3, 0.4) is 0 Å². The molecule has 0 amide bonds. The molecule has 0 saturated carbocycles. The van der Waals surface area contributed by atoms with Gasteiger partial charge in [-0.15, -0.1) is 0 Å². The Labute approximate surface area is 168 Å². The van der Waals surface area contributed by atoms with Crippen molar-refractivity contribution in [3.8, 4) is 11.5 Å². The van der Waals surface area contributed by atoms with Crippen LogP contribution in [0.5, 0.6) is 11.5 Å². The number of methoxy groups -OCH3 is 2. The van der Waals surface area contributed by atoms with E-state index in [1.807, 2.05) is 0 Å². The van der Waals surface area contributed by atoms with Crippen LogP contribution in [0.4, 0.5) is 4.39 Å². The van der Waals surface area contributed by atoms with Gasteiger partial charge in [0.25, 0.3) is 11.5 Å². The molecule has 1 aliphatic heterocycles. The average molecular weight is 426 g/mol. The van der Waals surface area contributed by atoms with Gasteiger partial charge in [-0.2, -0.15) is 8.96 Å². The lowest BCUT2D eigenvalue weighted by Crippen LogP contribution is -2.47. The zero-order valence-corrected chi connectivity index (χ0v) is 15.9. The molecule has 3 rings (SSSR count). The molecule has 12 heteroatoms. The van der Waals surface area contributed by atoms with Gasteiger partial charge in [-0.1, -0.05) is 6.07 Å². The van der Waals surface area contributed by atoms with E-state index in [-0.39, 0.29) is 21.6 Å². The molecule has 2 unspecified atom stereocenters. The molecule has 1 aliphatic rings. The smallest absolute Gasteiger partial charge is 0.340 e. The second-order valence-corrected chi connectivity index (χ2v) is 6.38. The molecular weight excluding hydrogens is 407 g/mol. The normalized spacial score (nSPS) is 23.4. The van der Waals surface area contributed by atoms with E-state index in [4.69, 9.17) is 14.2 Å². The van der Waals surface area contributed by atoms with Crippen molar-refractivity contribution in [2.75, 3.05) is 20.8 Å². The third-order valence-electron chi connectivity index (χ3n) is 4.70. The maximum Gasteiger partial charge on any atom is 0.340 e. The summed E-state index contributed by atoms with van der Waals surface area (Å²) in [6, 6.07) is 4.13. The van der Waals surface area contributed by atoms with Crippen molar-refractivity contribution in [2.24, 2.45) is 0 Å². The van der Waals surface area contributed by atoms with Crippen LogP contribution < -0.4 is 20.7 Å². The summed E-state index contributed by atoms with van der Waals surface area (Å²) in [6.45, 7) is -0.689. The van der Waals surface area contributed by atoms with E-state index in [1.54, 1.807) is 0 Å². The summed E-state index contributed by atoms with van der Waals surface area (Å²) in [5.41, 5.74) is -3.11. The van der Waals surface area contributed by atoms with Gasteiger partial charge >= 0.3 is 5.69 Å². The van der Waals surface area contributed by atoms with Gasteiger partial charge in [0.1, 0.15) is 18.3 Å². The Kier molecular flexibility index (Phi) is 6.03. The molecule has 0 spiro atoms. The van der Waals surface area contributed by atoms with Gasteiger partial charge in [0.05, 0.1) is 32.6 Å². The highest BCUT2D eigenvalue weighted by Gasteiger charge is 2.44. The van der Waals surface area contributed by atoms with E-state index >= 15 is 0 Å². The molecule has 162 valence electrons. The van der Waals surface area contributed by atoms with E-state index in [0.29, 0.717) is 10.8 Å². The van der Waals surface area contributed by atoms with E-state index < -0.39 is 54.1 Å². The maximum atomic E-state index is 14.3. The van der Waals surface area contributed by atoms with Crippen molar-refractivity contribution in [3.63, 3.8) is 0 Å². The van der Waals surface area contributed by atoms with Crippen LogP contribution in [-0.2, 0) is 4.74 Å². The number of rotatable bonds is 5. The van der Waals surface area contributed by atoms with Crippen LogP contribution in [0.15, 0.2) is 34.0 Å². The van der Waals surface area contributed by atoms with Crippen molar-refractivity contribution in [1.82, 2.24) is 9.13 Å². The van der Waals surface area contributed by atoms with Crippen molar-refractivity contribution in [2.45, 2.75) is 24.5 Å². The number of hydrogen-bond acceptors (Lipinski definition) is 9. The molecule has 30 heavy (non-hydrogen) atoms. The molecule has 0 radical (unpaired) electrons. The fourth-order valence-electron chi connectivity index (χ4n) is 3.19. The zero-order valence-electron chi connectivity index (χ0n) is 15.9. The van der Waals surface area contributed by atoms with Crippen LogP contribution in [0, 0.1) is 5.82 Å². The third kappa shape index (κ3) is 3.39. The molecule has 1 aromatic heterocycles. The summed E-state index contributed by atoms with van der Waals surface area (Å²) in [5.74, 6) is -2.64. The third-order valence-corrected chi connectivity index (χ3v) is 4.70. The summed E-state index contributed by atoms with van der Waals surface area (Å²) in [7, 11) is 2.55. The highest BCUT2D eigenvalue weighted by atomic mass is 19.1. The first-order valence-electron chi connectivity index (χ1n) is 8.68. The standard InChI is InChI=1S/C18H19FN2O9/c1-28-10-5-3-4-8(14(10)29-2)15(25)21-16(26)9(19)6-20(18(21)27)17-13(24)12(23)11(7-22)30-17/h3-6,11-13,17,22-24H,7H2,1-2H3/t11-,12?,13?,17-/m0/s1. The number of nitrogens with zero attached hydrogens (tertiary/aromatic N) is 2. The van der Waals surface area contributed by atoms with E-state index in [0.717, 1.165) is 0 Å². The van der Waals surface area contributed by atoms with E-state index in [2.05, 4.69) is 0 Å². The monoisotopic (exact) mass is 426 g/mol. The number of ether oxygens (including phenoxy) is 3. The van der Waals surface area contributed by atoms with Gasteiger partial charge in [-0.25, -0.2) is 4.79 Å². The predicted octanol–water partition coefficient (Wildman–Crippen LogP) is -1.53. The van der Waals surface area contributed by atoms with Gasteiger partial charge < -0.3 is 29.5 Å². The Morgan fingerprint density at radius 1 is 1.20 bits per heavy atom. The first-order chi connectivity index (χ1) is 14.3.